The van der Waals surface area contributed by atoms with Gasteiger partial charge in [-0.15, -0.1) is 0 Å². The molecule has 1 heterocycles. The number of amides is 1. The molecule has 7 nitrogen and oxygen atoms in total. The van der Waals surface area contributed by atoms with Gasteiger partial charge in [0.15, 0.2) is 0 Å². The molecule has 0 radical (unpaired) electrons. The lowest BCUT2D eigenvalue weighted by atomic mass is 9.98. The monoisotopic (exact) mass is 321 g/mol. The first-order chi connectivity index (χ1) is 11.6. The van der Waals surface area contributed by atoms with Crippen molar-refractivity contribution in [3.05, 3.63) is 52.7 Å². The summed E-state index contributed by atoms with van der Waals surface area (Å²) >= 11 is 0. The van der Waals surface area contributed by atoms with Crippen LogP contribution in [0.1, 0.15) is 34.1 Å². The SMILES string of the molecule is C/C(=N/NC(=O)c1nonc1N)c1ccc2c3c(cccc13)CC2. The summed E-state index contributed by atoms with van der Waals surface area (Å²) in [5.74, 6) is -0.621. The fourth-order valence-electron chi connectivity index (χ4n) is 3.16. The number of nitrogen functional groups attached to an aromatic ring is 1. The van der Waals surface area contributed by atoms with Gasteiger partial charge in [0, 0.05) is 5.56 Å². The van der Waals surface area contributed by atoms with E-state index in [1.54, 1.807) is 0 Å². The van der Waals surface area contributed by atoms with E-state index in [1.807, 2.05) is 13.0 Å². The topological polar surface area (TPSA) is 106 Å². The highest BCUT2D eigenvalue weighted by Gasteiger charge is 2.18. The van der Waals surface area contributed by atoms with Crippen LogP contribution in [0.25, 0.3) is 10.8 Å². The average molecular weight is 321 g/mol. The number of benzene rings is 2. The van der Waals surface area contributed by atoms with E-state index < -0.39 is 5.91 Å². The van der Waals surface area contributed by atoms with Crippen LogP contribution in [0.3, 0.4) is 0 Å². The van der Waals surface area contributed by atoms with E-state index >= 15 is 0 Å². The molecule has 0 saturated carbocycles. The van der Waals surface area contributed by atoms with Crippen molar-refractivity contribution >= 4 is 28.2 Å². The van der Waals surface area contributed by atoms with Crippen LogP contribution < -0.4 is 11.2 Å². The first-order valence-electron chi connectivity index (χ1n) is 7.61. The smallest absolute Gasteiger partial charge is 0.297 e. The number of carbonyl (C=O) groups is 1. The van der Waals surface area contributed by atoms with Crippen LogP contribution in [0.15, 0.2) is 40.1 Å². The summed E-state index contributed by atoms with van der Waals surface area (Å²) < 4.78 is 4.41. The minimum atomic E-state index is -0.556. The molecular weight excluding hydrogens is 306 g/mol. The Bertz CT molecular complexity index is 980. The van der Waals surface area contributed by atoms with Crippen LogP contribution in [-0.2, 0) is 12.8 Å². The molecular formula is C17H15N5O2. The number of hydrogen-bond donors (Lipinski definition) is 2. The predicted molar refractivity (Wildman–Crippen MR) is 89.7 cm³/mol. The number of carbonyl (C=O) groups excluding carboxylic acids is 1. The lowest BCUT2D eigenvalue weighted by Gasteiger charge is -2.09. The Kier molecular flexibility index (Phi) is 3.26. The van der Waals surface area contributed by atoms with E-state index in [2.05, 4.69) is 49.7 Å². The highest BCUT2D eigenvalue weighted by Crippen LogP contribution is 2.32. The zero-order chi connectivity index (χ0) is 16.7. The summed E-state index contributed by atoms with van der Waals surface area (Å²) in [6, 6.07) is 10.5. The Morgan fingerprint density at radius 3 is 2.75 bits per heavy atom. The number of aryl methyl sites for hydroxylation is 2. The Morgan fingerprint density at radius 2 is 2.00 bits per heavy atom. The summed E-state index contributed by atoms with van der Waals surface area (Å²) in [4.78, 5) is 12.0. The largest absolute Gasteiger partial charge is 0.379 e. The lowest BCUT2D eigenvalue weighted by Crippen LogP contribution is -2.21. The highest BCUT2D eigenvalue weighted by molar-refractivity contribution is 6.12. The van der Waals surface area contributed by atoms with E-state index in [0.29, 0.717) is 5.71 Å². The number of anilines is 1. The number of nitrogens with one attached hydrogen (secondary N) is 1. The molecule has 0 atom stereocenters. The molecule has 3 aromatic rings. The number of rotatable bonds is 3. The molecule has 1 amide bonds. The third-order valence-corrected chi connectivity index (χ3v) is 4.32. The van der Waals surface area contributed by atoms with Crippen LogP contribution in [-0.4, -0.2) is 21.9 Å². The normalized spacial score (nSPS) is 13.5. The van der Waals surface area contributed by atoms with Gasteiger partial charge >= 0.3 is 0 Å². The summed E-state index contributed by atoms with van der Waals surface area (Å²) in [6.07, 6.45) is 2.14. The molecule has 0 fully saturated rings. The second kappa shape index (κ2) is 5.45. The predicted octanol–water partition coefficient (Wildman–Crippen LogP) is 2.06. The minimum Gasteiger partial charge on any atom is -0.379 e. The van der Waals surface area contributed by atoms with Gasteiger partial charge in [-0.25, -0.2) is 10.1 Å². The fourth-order valence-corrected chi connectivity index (χ4v) is 3.16. The molecule has 0 bridgehead atoms. The Hall–Kier alpha value is -3.22. The standard InChI is InChI=1S/C17H15N5O2/c1-9(19-20-17(23)15-16(18)22-24-21-15)12-8-7-11-6-5-10-3-2-4-13(12)14(10)11/h2-4,7-8H,5-6H2,1H3,(H2,18,22)(H,20,23)/b19-9-. The molecule has 1 aliphatic rings. The Labute approximate surface area is 137 Å². The van der Waals surface area contributed by atoms with Crippen LogP contribution in [0.2, 0.25) is 0 Å². The molecule has 1 aromatic heterocycles. The summed E-state index contributed by atoms with van der Waals surface area (Å²) in [6.45, 7) is 1.85. The molecule has 0 saturated heterocycles. The van der Waals surface area contributed by atoms with E-state index in [0.717, 1.165) is 23.8 Å². The van der Waals surface area contributed by atoms with Crippen LogP contribution in [0.4, 0.5) is 5.82 Å². The number of aromatic nitrogens is 2. The minimum absolute atomic E-state index is 0.0642. The fraction of sp³-hybridized carbons (Fsp3) is 0.176. The van der Waals surface area contributed by atoms with Crippen LogP contribution >= 0.6 is 0 Å². The molecule has 2 aromatic carbocycles. The lowest BCUT2D eigenvalue weighted by molar-refractivity contribution is 0.0945. The summed E-state index contributed by atoms with van der Waals surface area (Å²) in [5, 5.41) is 13.5. The average Bonchev–Trinajstić information content (AvgIpc) is 3.20. The number of hydrazone groups is 1. The molecule has 0 aliphatic heterocycles. The summed E-state index contributed by atoms with van der Waals surface area (Å²) in [7, 11) is 0. The van der Waals surface area contributed by atoms with E-state index in [9.17, 15) is 4.79 Å². The Balaban J connectivity index is 1.68. The van der Waals surface area contributed by atoms with Gasteiger partial charge < -0.3 is 5.73 Å². The second-order valence-electron chi connectivity index (χ2n) is 5.75. The van der Waals surface area contributed by atoms with Crippen molar-refractivity contribution < 1.29 is 9.42 Å². The molecule has 0 spiro atoms. The van der Waals surface area contributed by atoms with Crippen LogP contribution in [0.5, 0.6) is 0 Å². The molecule has 24 heavy (non-hydrogen) atoms. The van der Waals surface area contributed by atoms with Crippen molar-refractivity contribution in [2.24, 2.45) is 5.10 Å². The maximum absolute atomic E-state index is 12.0. The maximum Gasteiger partial charge on any atom is 0.297 e. The van der Waals surface area contributed by atoms with Crippen LogP contribution in [0, 0.1) is 0 Å². The second-order valence-corrected chi connectivity index (χ2v) is 5.75. The van der Waals surface area contributed by atoms with Gasteiger partial charge in [-0.05, 0) is 52.0 Å². The van der Waals surface area contributed by atoms with Gasteiger partial charge in [0.1, 0.15) is 0 Å². The molecule has 4 rings (SSSR count). The zero-order valence-corrected chi connectivity index (χ0v) is 13.0. The molecule has 7 heteroatoms. The van der Waals surface area contributed by atoms with Crippen molar-refractivity contribution in [3.63, 3.8) is 0 Å². The van der Waals surface area contributed by atoms with Gasteiger partial charge in [0.25, 0.3) is 5.91 Å². The van der Waals surface area contributed by atoms with Crippen molar-refractivity contribution in [3.8, 4) is 0 Å². The highest BCUT2D eigenvalue weighted by atomic mass is 16.6. The molecule has 3 N–H and O–H groups in total. The maximum atomic E-state index is 12.0. The van der Waals surface area contributed by atoms with Gasteiger partial charge in [0.05, 0.1) is 5.71 Å². The molecule has 120 valence electrons. The number of nitrogens with zero attached hydrogens (tertiary/aromatic N) is 3. The Morgan fingerprint density at radius 1 is 1.21 bits per heavy atom. The zero-order valence-electron chi connectivity index (χ0n) is 13.0. The first kappa shape index (κ1) is 14.4. The van der Waals surface area contributed by atoms with Crippen molar-refractivity contribution in [1.29, 1.82) is 0 Å². The third kappa shape index (κ3) is 2.21. The molecule has 1 aliphatic carbocycles. The molecule has 0 unspecified atom stereocenters. The van der Waals surface area contributed by atoms with Gasteiger partial charge in [-0.3, -0.25) is 4.79 Å². The van der Waals surface area contributed by atoms with Crippen molar-refractivity contribution in [2.75, 3.05) is 5.73 Å². The van der Waals surface area contributed by atoms with Gasteiger partial charge in [-0.1, -0.05) is 30.3 Å². The van der Waals surface area contributed by atoms with Crippen molar-refractivity contribution in [1.82, 2.24) is 15.7 Å². The quantitative estimate of drug-likeness (QED) is 0.567. The van der Waals surface area contributed by atoms with Gasteiger partial charge in [-0.2, -0.15) is 5.10 Å². The summed E-state index contributed by atoms with van der Waals surface area (Å²) in [5.41, 5.74) is 12.3. The number of hydrogen-bond acceptors (Lipinski definition) is 6. The van der Waals surface area contributed by atoms with E-state index in [1.165, 1.54) is 16.5 Å². The van der Waals surface area contributed by atoms with E-state index in [4.69, 9.17) is 5.73 Å². The van der Waals surface area contributed by atoms with E-state index in [-0.39, 0.29) is 11.5 Å². The third-order valence-electron chi connectivity index (χ3n) is 4.32. The van der Waals surface area contributed by atoms with Crippen molar-refractivity contribution in [2.45, 2.75) is 19.8 Å². The first-order valence-corrected chi connectivity index (χ1v) is 7.61. The number of nitrogens with two attached hydrogens (primary N) is 1. The van der Waals surface area contributed by atoms with Gasteiger partial charge in [0.2, 0.25) is 11.5 Å².